The molecule has 0 unspecified atom stereocenters. The number of rotatable bonds is 10. The Balaban J connectivity index is 1.80. The lowest BCUT2D eigenvalue weighted by atomic mass is 10.2. The highest BCUT2D eigenvalue weighted by molar-refractivity contribution is 5.93. The van der Waals surface area contributed by atoms with Gasteiger partial charge in [0.2, 0.25) is 0 Å². The van der Waals surface area contributed by atoms with Crippen LogP contribution >= 0.6 is 0 Å². The van der Waals surface area contributed by atoms with Gasteiger partial charge in [0, 0.05) is 43.5 Å². The molecule has 0 heterocycles. The third kappa shape index (κ3) is 6.67. The average molecular weight is 403 g/mol. The molecule has 158 valence electrons. The Bertz CT molecular complexity index is 789. The molecule has 8 nitrogen and oxygen atoms in total. The fraction of sp³-hybridized carbons (Fsp3) is 0.381. The van der Waals surface area contributed by atoms with Gasteiger partial charge in [0.05, 0.1) is 35.0 Å². The van der Waals surface area contributed by atoms with Crippen molar-refractivity contribution in [2.75, 3.05) is 54.0 Å². The van der Waals surface area contributed by atoms with Gasteiger partial charge in [0.1, 0.15) is 17.2 Å². The second kappa shape index (κ2) is 11.5. The predicted octanol–water partition coefficient (Wildman–Crippen LogP) is 3.18. The summed E-state index contributed by atoms with van der Waals surface area (Å²) in [5.74, 6) is 4.06. The van der Waals surface area contributed by atoms with Crippen LogP contribution in [0.25, 0.3) is 0 Å². The minimum Gasteiger partial charge on any atom is -0.496 e. The highest BCUT2D eigenvalue weighted by Crippen LogP contribution is 2.29. The minimum absolute atomic E-state index is 0.538. The molecule has 2 aromatic carbocycles. The zero-order valence-corrected chi connectivity index (χ0v) is 17.6. The lowest BCUT2D eigenvalue weighted by Gasteiger charge is -2.14. The van der Waals surface area contributed by atoms with Crippen molar-refractivity contribution in [3.05, 3.63) is 36.4 Å². The van der Waals surface area contributed by atoms with E-state index in [0.29, 0.717) is 47.9 Å². The van der Waals surface area contributed by atoms with E-state index >= 15 is 0 Å². The molecule has 2 N–H and O–H groups in total. The Labute approximate surface area is 171 Å². The Morgan fingerprint density at radius 2 is 1.48 bits per heavy atom. The summed E-state index contributed by atoms with van der Waals surface area (Å²) in [6, 6.07) is 11.0. The monoisotopic (exact) mass is 403 g/mol. The van der Waals surface area contributed by atoms with E-state index in [-0.39, 0.29) is 0 Å². The molecule has 0 aliphatic heterocycles. The van der Waals surface area contributed by atoms with Crippen LogP contribution < -0.4 is 34.3 Å². The molecule has 0 aromatic heterocycles. The van der Waals surface area contributed by atoms with Crippen LogP contribution in [-0.2, 0) is 0 Å². The number of benzene rings is 2. The van der Waals surface area contributed by atoms with Crippen molar-refractivity contribution in [1.82, 2.24) is 5.32 Å². The molecule has 0 atom stereocenters. The van der Waals surface area contributed by atoms with Crippen molar-refractivity contribution in [1.29, 1.82) is 0 Å². The van der Waals surface area contributed by atoms with Gasteiger partial charge in [-0.2, -0.15) is 0 Å². The van der Waals surface area contributed by atoms with Crippen molar-refractivity contribution in [2.45, 2.75) is 6.42 Å². The van der Waals surface area contributed by atoms with Crippen LogP contribution in [0.1, 0.15) is 6.42 Å². The van der Waals surface area contributed by atoms with Gasteiger partial charge < -0.3 is 34.3 Å². The Morgan fingerprint density at radius 3 is 2.07 bits per heavy atom. The van der Waals surface area contributed by atoms with Gasteiger partial charge in [-0.1, -0.05) is 0 Å². The fourth-order valence-electron chi connectivity index (χ4n) is 2.56. The Hall–Kier alpha value is -3.29. The first-order valence-corrected chi connectivity index (χ1v) is 9.19. The van der Waals surface area contributed by atoms with Crippen LogP contribution in [0.4, 0.5) is 5.69 Å². The molecule has 2 rings (SSSR count). The van der Waals surface area contributed by atoms with Gasteiger partial charge in [-0.05, 0) is 18.6 Å². The molecule has 0 bridgehead atoms. The van der Waals surface area contributed by atoms with E-state index in [9.17, 15) is 0 Å². The van der Waals surface area contributed by atoms with Crippen LogP contribution in [0.15, 0.2) is 41.4 Å². The first kappa shape index (κ1) is 22.0. The third-order valence-corrected chi connectivity index (χ3v) is 4.08. The molecule has 0 aliphatic rings. The molecule has 0 radical (unpaired) electrons. The molecule has 0 spiro atoms. The molecule has 0 aliphatic carbocycles. The van der Waals surface area contributed by atoms with E-state index in [2.05, 4.69) is 15.6 Å². The summed E-state index contributed by atoms with van der Waals surface area (Å²) in [7, 11) is 8.15. The summed E-state index contributed by atoms with van der Waals surface area (Å²) in [6.45, 7) is 1.23. The number of methoxy groups -OCH3 is 4. The number of nitrogens with zero attached hydrogens (tertiary/aromatic N) is 1. The second-order valence-electron chi connectivity index (χ2n) is 5.94. The first-order chi connectivity index (χ1) is 14.1. The van der Waals surface area contributed by atoms with Crippen LogP contribution in [0.5, 0.6) is 28.7 Å². The summed E-state index contributed by atoms with van der Waals surface area (Å²) >= 11 is 0. The lowest BCUT2D eigenvalue weighted by molar-refractivity contribution is 0.305. The lowest BCUT2D eigenvalue weighted by Crippen LogP contribution is -2.32. The van der Waals surface area contributed by atoms with E-state index < -0.39 is 0 Å². The molecule has 8 heteroatoms. The number of ether oxygens (including phenoxy) is 5. The number of hydrogen-bond donors (Lipinski definition) is 2. The number of aliphatic imine (C=N–C) groups is 1. The van der Waals surface area contributed by atoms with Crippen LogP contribution in [0, 0.1) is 0 Å². The van der Waals surface area contributed by atoms with Crippen molar-refractivity contribution >= 4 is 11.6 Å². The summed E-state index contributed by atoms with van der Waals surface area (Å²) in [4.78, 5) is 4.23. The topological polar surface area (TPSA) is 82.6 Å². The maximum absolute atomic E-state index is 5.79. The average Bonchev–Trinajstić information content (AvgIpc) is 2.77. The SMILES string of the molecule is CN=C(NCCCOc1cc(OC)cc(OC)c1)Nc1ccc(OC)c(OC)c1. The van der Waals surface area contributed by atoms with Crippen LogP contribution in [0.3, 0.4) is 0 Å². The maximum Gasteiger partial charge on any atom is 0.195 e. The number of anilines is 1. The number of nitrogens with one attached hydrogen (secondary N) is 2. The Kier molecular flexibility index (Phi) is 8.75. The molecule has 2 aromatic rings. The van der Waals surface area contributed by atoms with Crippen molar-refractivity contribution in [2.24, 2.45) is 4.99 Å². The molecule has 0 saturated carbocycles. The molecule has 0 amide bonds. The summed E-state index contributed by atoms with van der Waals surface area (Å²) in [5.41, 5.74) is 0.843. The van der Waals surface area contributed by atoms with Crippen molar-refractivity contribution < 1.29 is 23.7 Å². The molecule has 29 heavy (non-hydrogen) atoms. The molecular formula is C21H29N3O5. The quantitative estimate of drug-likeness (QED) is 0.358. The van der Waals surface area contributed by atoms with E-state index in [1.807, 2.05) is 30.3 Å². The van der Waals surface area contributed by atoms with Gasteiger partial charge in [0.15, 0.2) is 17.5 Å². The largest absolute Gasteiger partial charge is 0.496 e. The maximum atomic E-state index is 5.79. The highest BCUT2D eigenvalue weighted by atomic mass is 16.5. The fourth-order valence-corrected chi connectivity index (χ4v) is 2.56. The van der Waals surface area contributed by atoms with Gasteiger partial charge in [0.25, 0.3) is 0 Å². The second-order valence-corrected chi connectivity index (χ2v) is 5.94. The van der Waals surface area contributed by atoms with Gasteiger partial charge in [-0.15, -0.1) is 0 Å². The van der Waals surface area contributed by atoms with Gasteiger partial charge in [-0.25, -0.2) is 0 Å². The van der Waals surface area contributed by atoms with E-state index in [1.165, 1.54) is 0 Å². The minimum atomic E-state index is 0.538. The van der Waals surface area contributed by atoms with Crippen LogP contribution in [-0.4, -0.2) is 54.6 Å². The summed E-state index contributed by atoms with van der Waals surface area (Å²) in [6.07, 6.45) is 0.784. The van der Waals surface area contributed by atoms with Crippen molar-refractivity contribution in [3.8, 4) is 28.7 Å². The van der Waals surface area contributed by atoms with E-state index in [4.69, 9.17) is 23.7 Å². The predicted molar refractivity (Wildman–Crippen MR) is 114 cm³/mol. The standard InChI is InChI=1S/C21H29N3O5/c1-22-21(24-15-7-8-19(27-4)20(11-15)28-5)23-9-6-10-29-18-13-16(25-2)12-17(14-18)26-3/h7-8,11-14H,6,9-10H2,1-5H3,(H2,22,23,24). The third-order valence-electron chi connectivity index (χ3n) is 4.08. The van der Waals surface area contributed by atoms with E-state index in [1.54, 1.807) is 41.6 Å². The highest BCUT2D eigenvalue weighted by Gasteiger charge is 2.06. The normalized spacial score (nSPS) is 10.9. The van der Waals surface area contributed by atoms with Gasteiger partial charge in [-0.3, -0.25) is 4.99 Å². The van der Waals surface area contributed by atoms with E-state index in [0.717, 1.165) is 12.1 Å². The number of guanidine groups is 1. The zero-order valence-electron chi connectivity index (χ0n) is 17.6. The van der Waals surface area contributed by atoms with Crippen LogP contribution in [0.2, 0.25) is 0 Å². The van der Waals surface area contributed by atoms with Gasteiger partial charge >= 0.3 is 0 Å². The molecular weight excluding hydrogens is 374 g/mol. The first-order valence-electron chi connectivity index (χ1n) is 9.19. The molecule has 0 saturated heterocycles. The molecule has 0 fully saturated rings. The smallest absolute Gasteiger partial charge is 0.195 e. The summed E-state index contributed by atoms with van der Waals surface area (Å²) in [5, 5.41) is 6.48. The zero-order chi connectivity index (χ0) is 21.1. The number of hydrogen-bond acceptors (Lipinski definition) is 6. The summed E-state index contributed by atoms with van der Waals surface area (Å²) < 4.78 is 26.9. The Morgan fingerprint density at radius 1 is 0.828 bits per heavy atom. The van der Waals surface area contributed by atoms with Crippen molar-refractivity contribution in [3.63, 3.8) is 0 Å².